The average Bonchev–Trinajstić information content (AvgIpc) is 3.27. The van der Waals surface area contributed by atoms with E-state index in [1.807, 2.05) is 0 Å². The van der Waals surface area contributed by atoms with Crippen molar-refractivity contribution < 1.29 is 4.79 Å². The molecule has 0 aliphatic heterocycles. The summed E-state index contributed by atoms with van der Waals surface area (Å²) < 4.78 is 0. The highest BCUT2D eigenvalue weighted by molar-refractivity contribution is 5.76. The maximum Gasteiger partial charge on any atom is 0.222 e. The standard InChI is InChI=1S/C17H32N2O/c1-13(2)16(9-10-18)7-8-17(20)19(11-14-3-4-14)12-15-5-6-15/h13-16H,3-12,18H2,1-2H3. The molecule has 2 aliphatic carbocycles. The molecular weight excluding hydrogens is 248 g/mol. The largest absolute Gasteiger partial charge is 0.342 e. The van der Waals surface area contributed by atoms with Crippen molar-refractivity contribution >= 4 is 5.91 Å². The van der Waals surface area contributed by atoms with Gasteiger partial charge in [0.2, 0.25) is 5.91 Å². The minimum atomic E-state index is 0.395. The van der Waals surface area contributed by atoms with E-state index < -0.39 is 0 Å². The van der Waals surface area contributed by atoms with E-state index in [1.165, 1.54) is 25.7 Å². The first-order valence-electron chi connectivity index (χ1n) is 8.58. The molecule has 1 amide bonds. The summed E-state index contributed by atoms with van der Waals surface area (Å²) in [6, 6.07) is 0. The van der Waals surface area contributed by atoms with E-state index in [4.69, 9.17) is 5.73 Å². The molecule has 2 rings (SSSR count). The molecule has 2 fully saturated rings. The van der Waals surface area contributed by atoms with Crippen LogP contribution in [0.15, 0.2) is 0 Å². The van der Waals surface area contributed by atoms with E-state index in [0.29, 0.717) is 17.7 Å². The molecule has 0 aromatic carbocycles. The van der Waals surface area contributed by atoms with Gasteiger partial charge >= 0.3 is 0 Å². The third-order valence-corrected chi connectivity index (χ3v) is 4.91. The molecule has 2 N–H and O–H groups in total. The average molecular weight is 280 g/mol. The predicted molar refractivity (Wildman–Crippen MR) is 83.3 cm³/mol. The molecular formula is C17H32N2O. The number of rotatable bonds is 10. The Morgan fingerprint density at radius 3 is 2.05 bits per heavy atom. The van der Waals surface area contributed by atoms with Crippen LogP contribution in [0.1, 0.15) is 58.8 Å². The number of hydrogen-bond donors (Lipinski definition) is 1. The molecule has 1 unspecified atom stereocenters. The van der Waals surface area contributed by atoms with Crippen LogP contribution in [0.25, 0.3) is 0 Å². The lowest BCUT2D eigenvalue weighted by molar-refractivity contribution is -0.132. The van der Waals surface area contributed by atoms with Crippen LogP contribution in [0.3, 0.4) is 0 Å². The van der Waals surface area contributed by atoms with Gasteiger partial charge < -0.3 is 10.6 Å². The van der Waals surface area contributed by atoms with Gasteiger partial charge in [-0.2, -0.15) is 0 Å². The van der Waals surface area contributed by atoms with Gasteiger partial charge in [-0.05, 0) is 68.7 Å². The Balaban J connectivity index is 1.76. The first-order chi connectivity index (χ1) is 9.60. The highest BCUT2D eigenvalue weighted by Crippen LogP contribution is 2.34. The van der Waals surface area contributed by atoms with Gasteiger partial charge in [-0.3, -0.25) is 4.79 Å². The summed E-state index contributed by atoms with van der Waals surface area (Å²) in [6.45, 7) is 7.29. The number of nitrogens with two attached hydrogens (primary N) is 1. The van der Waals surface area contributed by atoms with Crippen LogP contribution in [-0.4, -0.2) is 30.4 Å². The van der Waals surface area contributed by atoms with Crippen LogP contribution in [0, 0.1) is 23.7 Å². The number of carbonyl (C=O) groups is 1. The van der Waals surface area contributed by atoms with Gasteiger partial charge in [-0.1, -0.05) is 13.8 Å². The maximum absolute atomic E-state index is 12.5. The number of amides is 1. The maximum atomic E-state index is 12.5. The molecule has 3 nitrogen and oxygen atoms in total. The number of nitrogens with zero attached hydrogens (tertiary/aromatic N) is 1. The Bertz CT molecular complexity index is 294. The zero-order chi connectivity index (χ0) is 14.5. The Labute approximate surface area is 124 Å². The van der Waals surface area contributed by atoms with Crippen LogP contribution in [0.5, 0.6) is 0 Å². The number of hydrogen-bond acceptors (Lipinski definition) is 2. The van der Waals surface area contributed by atoms with E-state index in [1.54, 1.807) is 0 Å². The minimum Gasteiger partial charge on any atom is -0.342 e. The Morgan fingerprint density at radius 2 is 1.65 bits per heavy atom. The Hall–Kier alpha value is -0.570. The van der Waals surface area contributed by atoms with Crippen LogP contribution in [0.4, 0.5) is 0 Å². The second-order valence-electron chi connectivity index (χ2n) is 7.31. The highest BCUT2D eigenvalue weighted by Gasteiger charge is 2.31. The molecule has 1 atom stereocenters. The van der Waals surface area contributed by atoms with Crippen molar-refractivity contribution in [2.45, 2.75) is 58.8 Å². The second kappa shape index (κ2) is 7.44. The summed E-state index contributed by atoms with van der Waals surface area (Å²) in [5.41, 5.74) is 5.69. The van der Waals surface area contributed by atoms with Crippen molar-refractivity contribution in [3.8, 4) is 0 Å². The van der Waals surface area contributed by atoms with Gasteiger partial charge in [0.1, 0.15) is 0 Å². The quantitative estimate of drug-likeness (QED) is 0.668. The molecule has 20 heavy (non-hydrogen) atoms. The van der Waals surface area contributed by atoms with Gasteiger partial charge in [0.15, 0.2) is 0 Å². The molecule has 0 bridgehead atoms. The van der Waals surface area contributed by atoms with E-state index in [9.17, 15) is 4.79 Å². The zero-order valence-electron chi connectivity index (χ0n) is 13.3. The van der Waals surface area contributed by atoms with E-state index >= 15 is 0 Å². The lowest BCUT2D eigenvalue weighted by atomic mass is 9.88. The molecule has 0 spiro atoms. The fourth-order valence-corrected chi connectivity index (χ4v) is 2.99. The van der Waals surface area contributed by atoms with Crippen molar-refractivity contribution in [1.29, 1.82) is 0 Å². The number of carbonyl (C=O) groups excluding carboxylic acids is 1. The van der Waals surface area contributed by atoms with Crippen LogP contribution in [-0.2, 0) is 4.79 Å². The highest BCUT2D eigenvalue weighted by atomic mass is 16.2. The lowest BCUT2D eigenvalue weighted by Crippen LogP contribution is -2.35. The van der Waals surface area contributed by atoms with Crippen molar-refractivity contribution in [1.82, 2.24) is 4.90 Å². The summed E-state index contributed by atoms with van der Waals surface area (Å²) in [4.78, 5) is 14.7. The van der Waals surface area contributed by atoms with Gasteiger partial charge in [0.05, 0.1) is 0 Å². The van der Waals surface area contributed by atoms with Crippen LogP contribution in [0.2, 0.25) is 0 Å². The third kappa shape index (κ3) is 5.43. The van der Waals surface area contributed by atoms with E-state index in [2.05, 4.69) is 18.7 Å². The van der Waals surface area contributed by atoms with E-state index in [0.717, 1.165) is 50.7 Å². The summed E-state index contributed by atoms with van der Waals surface area (Å²) in [5, 5.41) is 0. The normalized spacial score (nSPS) is 20.2. The van der Waals surface area contributed by atoms with Gasteiger partial charge in [0.25, 0.3) is 0 Å². The molecule has 0 radical (unpaired) electrons. The first kappa shape index (κ1) is 15.8. The smallest absolute Gasteiger partial charge is 0.222 e. The van der Waals surface area contributed by atoms with Gasteiger partial charge in [-0.15, -0.1) is 0 Å². The molecule has 3 heteroatoms. The lowest BCUT2D eigenvalue weighted by Gasteiger charge is -2.25. The SMILES string of the molecule is CC(C)C(CCN)CCC(=O)N(CC1CC1)CC1CC1. The zero-order valence-corrected chi connectivity index (χ0v) is 13.3. The predicted octanol–water partition coefficient (Wildman–Crippen LogP) is 3.04. The summed E-state index contributed by atoms with van der Waals surface area (Å²) in [6.07, 6.45) is 8.11. The molecule has 0 saturated heterocycles. The summed E-state index contributed by atoms with van der Waals surface area (Å²) in [5.74, 6) is 3.25. The van der Waals surface area contributed by atoms with Crippen molar-refractivity contribution in [2.24, 2.45) is 29.4 Å². The Morgan fingerprint density at radius 1 is 1.10 bits per heavy atom. The van der Waals surface area contributed by atoms with Crippen molar-refractivity contribution in [3.05, 3.63) is 0 Å². The van der Waals surface area contributed by atoms with Gasteiger partial charge in [-0.25, -0.2) is 0 Å². The van der Waals surface area contributed by atoms with Gasteiger partial charge in [0, 0.05) is 19.5 Å². The molecule has 116 valence electrons. The Kier molecular flexibility index (Phi) is 5.88. The van der Waals surface area contributed by atoms with Crippen LogP contribution >= 0.6 is 0 Å². The fraction of sp³-hybridized carbons (Fsp3) is 0.941. The first-order valence-corrected chi connectivity index (χ1v) is 8.58. The third-order valence-electron chi connectivity index (χ3n) is 4.91. The molecule has 0 aromatic rings. The molecule has 0 aromatic heterocycles. The van der Waals surface area contributed by atoms with Crippen molar-refractivity contribution in [3.63, 3.8) is 0 Å². The molecule has 2 aliphatic rings. The molecule has 0 heterocycles. The summed E-state index contributed by atoms with van der Waals surface area (Å²) in [7, 11) is 0. The fourth-order valence-electron chi connectivity index (χ4n) is 2.99. The monoisotopic (exact) mass is 280 g/mol. The second-order valence-corrected chi connectivity index (χ2v) is 7.31. The van der Waals surface area contributed by atoms with E-state index in [-0.39, 0.29) is 0 Å². The minimum absolute atomic E-state index is 0.395. The topological polar surface area (TPSA) is 46.3 Å². The molecule has 2 saturated carbocycles. The van der Waals surface area contributed by atoms with Crippen molar-refractivity contribution in [2.75, 3.05) is 19.6 Å². The summed E-state index contributed by atoms with van der Waals surface area (Å²) >= 11 is 0. The van der Waals surface area contributed by atoms with Crippen LogP contribution < -0.4 is 5.73 Å².